The summed E-state index contributed by atoms with van der Waals surface area (Å²) in [6, 6.07) is 4.07. The van der Waals surface area contributed by atoms with E-state index >= 15 is 0 Å². The predicted octanol–water partition coefficient (Wildman–Crippen LogP) is 3.35. The average molecular weight is 398 g/mol. The molecule has 4 atom stereocenters. The zero-order valence-corrected chi connectivity index (χ0v) is 17.5. The van der Waals surface area contributed by atoms with Gasteiger partial charge in [-0.25, -0.2) is 0 Å². The number of benzene rings is 1. The monoisotopic (exact) mass is 397 g/mol. The van der Waals surface area contributed by atoms with Crippen LogP contribution in [0.15, 0.2) is 12.1 Å². The van der Waals surface area contributed by atoms with Crippen molar-refractivity contribution in [2.24, 2.45) is 5.92 Å². The summed E-state index contributed by atoms with van der Waals surface area (Å²) in [6.45, 7) is 6.94. The van der Waals surface area contributed by atoms with Crippen molar-refractivity contribution in [2.45, 2.75) is 81.5 Å². The summed E-state index contributed by atoms with van der Waals surface area (Å²) in [5, 5.41) is 10.7. The van der Waals surface area contributed by atoms with Crippen molar-refractivity contribution in [3.8, 4) is 11.5 Å². The molecule has 2 bridgehead atoms. The fourth-order valence-electron chi connectivity index (χ4n) is 7.26. The number of hydrogen-bond acceptors (Lipinski definition) is 5. The Hall–Kier alpha value is -1.59. The molecule has 29 heavy (non-hydrogen) atoms. The van der Waals surface area contributed by atoms with Gasteiger partial charge in [-0.15, -0.1) is 0 Å². The smallest absolute Gasteiger partial charge is 0.177 e. The second kappa shape index (κ2) is 5.76. The van der Waals surface area contributed by atoms with E-state index in [1.54, 1.807) is 6.07 Å². The second-order valence-corrected chi connectivity index (χ2v) is 10.1. The van der Waals surface area contributed by atoms with Crippen LogP contribution in [0.25, 0.3) is 0 Å². The first-order chi connectivity index (χ1) is 14.0. The predicted molar refractivity (Wildman–Crippen MR) is 108 cm³/mol. The number of hydrogen-bond donors (Lipinski definition) is 1. The van der Waals surface area contributed by atoms with E-state index in [-0.39, 0.29) is 17.6 Å². The van der Waals surface area contributed by atoms with Crippen LogP contribution in [0.3, 0.4) is 0 Å². The van der Waals surface area contributed by atoms with Crippen LogP contribution in [0.2, 0.25) is 0 Å². The zero-order chi connectivity index (χ0) is 20.0. The molecular weight excluding hydrogens is 366 g/mol. The van der Waals surface area contributed by atoms with E-state index in [1.165, 1.54) is 18.4 Å². The summed E-state index contributed by atoms with van der Waals surface area (Å²) < 4.78 is 13.3. The quantitative estimate of drug-likeness (QED) is 0.826. The number of phenolic OH excluding ortho intramolecular Hbond substituents is 1. The van der Waals surface area contributed by atoms with E-state index in [1.807, 2.05) is 6.92 Å². The third-order valence-corrected chi connectivity index (χ3v) is 8.67. The van der Waals surface area contributed by atoms with Gasteiger partial charge in [-0.3, -0.25) is 9.69 Å². The van der Waals surface area contributed by atoms with E-state index in [0.717, 1.165) is 50.3 Å². The first-order valence-corrected chi connectivity index (χ1v) is 11.4. The highest BCUT2D eigenvalue weighted by Gasteiger charge is 2.78. The normalized spacial score (nSPS) is 39.9. The van der Waals surface area contributed by atoms with Gasteiger partial charge in [-0.2, -0.15) is 0 Å². The molecule has 5 nitrogen and oxygen atoms in total. The van der Waals surface area contributed by atoms with Crippen LogP contribution in [-0.2, 0) is 21.4 Å². The van der Waals surface area contributed by atoms with Crippen molar-refractivity contribution < 1.29 is 19.4 Å². The maximum Gasteiger partial charge on any atom is 0.177 e. The van der Waals surface area contributed by atoms with Crippen molar-refractivity contribution >= 4 is 5.78 Å². The number of phenols is 1. The molecule has 1 N–H and O–H groups in total. The van der Waals surface area contributed by atoms with Gasteiger partial charge in [0.2, 0.25) is 0 Å². The minimum atomic E-state index is -0.959. The zero-order valence-electron chi connectivity index (χ0n) is 17.5. The van der Waals surface area contributed by atoms with Crippen LogP contribution < -0.4 is 4.74 Å². The molecule has 2 heterocycles. The van der Waals surface area contributed by atoms with Crippen LogP contribution in [0.5, 0.6) is 11.5 Å². The van der Waals surface area contributed by atoms with Gasteiger partial charge < -0.3 is 14.6 Å². The molecular formula is C24H31NO4. The van der Waals surface area contributed by atoms with Crippen molar-refractivity contribution in [1.29, 1.82) is 0 Å². The van der Waals surface area contributed by atoms with Crippen LogP contribution in [0, 0.1) is 5.92 Å². The summed E-state index contributed by atoms with van der Waals surface area (Å²) in [4.78, 5) is 16.0. The van der Waals surface area contributed by atoms with Crippen molar-refractivity contribution in [2.75, 3.05) is 19.7 Å². The number of nitrogens with zero attached hydrogens (tertiary/aromatic N) is 1. The Balaban J connectivity index is 1.61. The molecule has 2 saturated carbocycles. The lowest BCUT2D eigenvalue weighted by atomic mass is 9.45. The largest absolute Gasteiger partial charge is 0.504 e. The minimum Gasteiger partial charge on any atom is -0.504 e. The lowest BCUT2D eigenvalue weighted by molar-refractivity contribution is -0.231. The molecule has 6 rings (SSSR count). The van der Waals surface area contributed by atoms with Crippen molar-refractivity contribution in [1.82, 2.24) is 4.90 Å². The molecule has 3 fully saturated rings. The third-order valence-electron chi connectivity index (χ3n) is 8.67. The fraction of sp³-hybridized carbons (Fsp3) is 0.708. The molecule has 0 amide bonds. The molecule has 5 aliphatic rings. The molecule has 1 spiro atoms. The van der Waals surface area contributed by atoms with E-state index in [9.17, 15) is 9.90 Å². The molecule has 2 aliphatic heterocycles. The standard InChI is InChI=1S/C24H31NO4/c1-3-12-28-24-9-8-19(27)22(2)23(24)10-11-25(14-15-4-5-15)18(24)13-16-6-7-17(26)21(29-22)20(16)23/h6-7,15,18,26H,3-5,8-14H2,1-2H3/t18-,22?,23+,24-/m1/s1. The first kappa shape index (κ1) is 18.2. The lowest BCUT2D eigenvalue weighted by Crippen LogP contribution is -2.80. The van der Waals surface area contributed by atoms with E-state index in [2.05, 4.69) is 17.9 Å². The third kappa shape index (κ3) is 2.01. The van der Waals surface area contributed by atoms with Crippen LogP contribution >= 0.6 is 0 Å². The highest BCUT2D eigenvalue weighted by atomic mass is 16.5. The van der Waals surface area contributed by atoms with Gasteiger partial charge in [0, 0.05) is 31.2 Å². The number of carbonyl (C=O) groups excluding carboxylic acids is 1. The topological polar surface area (TPSA) is 59.0 Å². The van der Waals surface area contributed by atoms with Crippen LogP contribution in [0.4, 0.5) is 0 Å². The number of aromatic hydroxyl groups is 1. The Bertz CT molecular complexity index is 895. The molecule has 0 aromatic heterocycles. The summed E-state index contributed by atoms with van der Waals surface area (Å²) in [5.41, 5.74) is 0.421. The molecule has 1 saturated heterocycles. The summed E-state index contributed by atoms with van der Waals surface area (Å²) in [5.74, 6) is 1.68. The summed E-state index contributed by atoms with van der Waals surface area (Å²) >= 11 is 0. The maximum atomic E-state index is 13.4. The molecule has 1 aromatic carbocycles. The van der Waals surface area contributed by atoms with E-state index in [4.69, 9.17) is 9.47 Å². The molecule has 3 aliphatic carbocycles. The number of carbonyl (C=O) groups is 1. The average Bonchev–Trinajstić information content (AvgIpc) is 3.47. The summed E-state index contributed by atoms with van der Waals surface area (Å²) in [7, 11) is 0. The molecule has 0 radical (unpaired) electrons. The number of ether oxygens (including phenoxy) is 2. The second-order valence-electron chi connectivity index (χ2n) is 10.1. The Kier molecular flexibility index (Phi) is 3.62. The Morgan fingerprint density at radius 3 is 2.90 bits per heavy atom. The van der Waals surface area contributed by atoms with Crippen molar-refractivity contribution in [3.63, 3.8) is 0 Å². The van der Waals surface area contributed by atoms with Crippen LogP contribution in [-0.4, -0.2) is 52.7 Å². The van der Waals surface area contributed by atoms with Gasteiger partial charge in [0.15, 0.2) is 22.9 Å². The molecule has 156 valence electrons. The van der Waals surface area contributed by atoms with Gasteiger partial charge in [0.25, 0.3) is 0 Å². The molecule has 1 unspecified atom stereocenters. The van der Waals surface area contributed by atoms with Gasteiger partial charge in [-0.05, 0) is 69.5 Å². The highest BCUT2D eigenvalue weighted by Crippen LogP contribution is 2.69. The highest BCUT2D eigenvalue weighted by molar-refractivity contribution is 5.94. The van der Waals surface area contributed by atoms with E-state index in [0.29, 0.717) is 18.8 Å². The van der Waals surface area contributed by atoms with Gasteiger partial charge in [-0.1, -0.05) is 13.0 Å². The van der Waals surface area contributed by atoms with Gasteiger partial charge in [0.1, 0.15) is 0 Å². The fourth-order valence-corrected chi connectivity index (χ4v) is 7.26. The minimum absolute atomic E-state index is 0.157. The lowest BCUT2D eigenvalue weighted by Gasteiger charge is -2.66. The van der Waals surface area contributed by atoms with Gasteiger partial charge >= 0.3 is 0 Å². The van der Waals surface area contributed by atoms with Crippen LogP contribution in [0.1, 0.15) is 63.5 Å². The number of likely N-dealkylation sites (tertiary alicyclic amines) is 1. The van der Waals surface area contributed by atoms with Gasteiger partial charge in [0.05, 0.1) is 11.0 Å². The summed E-state index contributed by atoms with van der Waals surface area (Å²) in [6.07, 6.45) is 6.64. The Labute approximate surface area is 172 Å². The number of rotatable bonds is 5. The molecule has 5 heteroatoms. The SMILES string of the molecule is CCCO[C@@]12CCC(=O)C3(C)Oc4c(O)ccc5c4[C@@]31CCN(CC1CC1)[C@@H]2C5. The van der Waals surface area contributed by atoms with Crippen molar-refractivity contribution in [3.05, 3.63) is 23.3 Å². The maximum absolute atomic E-state index is 13.4. The number of piperidine rings is 1. The number of ketones is 1. The Morgan fingerprint density at radius 2 is 2.14 bits per heavy atom. The number of Topliss-reactive ketones (excluding diaryl/α,β-unsaturated/α-hetero) is 1. The first-order valence-electron chi connectivity index (χ1n) is 11.4. The Morgan fingerprint density at radius 1 is 1.31 bits per heavy atom. The molecule has 1 aromatic rings. The van der Waals surface area contributed by atoms with E-state index < -0.39 is 16.6 Å².